The maximum Gasteiger partial charge on any atom is 0.310 e. The van der Waals surface area contributed by atoms with Crippen LogP contribution in [0.25, 0.3) is 0 Å². The topological polar surface area (TPSA) is 37.3 Å². The van der Waals surface area contributed by atoms with Crippen molar-refractivity contribution < 1.29 is 9.90 Å². The molecule has 0 unspecified atom stereocenters. The Morgan fingerprint density at radius 1 is 1.25 bits per heavy atom. The van der Waals surface area contributed by atoms with Gasteiger partial charge in [0.1, 0.15) is 0 Å². The molecule has 3 fully saturated rings. The van der Waals surface area contributed by atoms with Crippen molar-refractivity contribution in [3.63, 3.8) is 0 Å². The summed E-state index contributed by atoms with van der Waals surface area (Å²) >= 11 is 0. The van der Waals surface area contributed by atoms with Crippen molar-refractivity contribution in [2.75, 3.05) is 0 Å². The largest absolute Gasteiger partial charge is 0.481 e. The maximum atomic E-state index is 11.1. The van der Waals surface area contributed by atoms with Gasteiger partial charge in [0.05, 0.1) is 5.41 Å². The Morgan fingerprint density at radius 3 is 2.00 bits per heavy atom. The van der Waals surface area contributed by atoms with Crippen LogP contribution < -0.4 is 0 Å². The number of carboxylic acid groups (broad SMARTS) is 1. The van der Waals surface area contributed by atoms with E-state index in [1.54, 1.807) is 0 Å². The third kappa shape index (κ3) is 0.511. The van der Waals surface area contributed by atoms with Crippen molar-refractivity contribution in [3.8, 4) is 0 Å². The fraction of sp³-hybridized carbons (Fsp3) is 0.900. The van der Waals surface area contributed by atoms with Crippen molar-refractivity contribution in [2.45, 2.75) is 40.0 Å². The summed E-state index contributed by atoms with van der Waals surface area (Å²) in [6, 6.07) is 0. The molecule has 0 radical (unpaired) electrons. The second-order valence-corrected chi connectivity index (χ2v) is 5.25. The molecule has 68 valence electrons. The second-order valence-electron chi connectivity index (χ2n) is 5.25. The Hall–Kier alpha value is -0.530. The van der Waals surface area contributed by atoms with Gasteiger partial charge in [-0.1, -0.05) is 20.8 Å². The molecule has 1 N–H and O–H groups in total. The molecule has 0 spiro atoms. The normalized spacial score (nSPS) is 48.6. The Kier molecular flexibility index (Phi) is 1.15. The average molecular weight is 168 g/mol. The van der Waals surface area contributed by atoms with Gasteiger partial charge in [-0.3, -0.25) is 4.79 Å². The van der Waals surface area contributed by atoms with Crippen LogP contribution in [0, 0.1) is 16.2 Å². The van der Waals surface area contributed by atoms with Crippen LogP contribution in [0.1, 0.15) is 40.0 Å². The van der Waals surface area contributed by atoms with Gasteiger partial charge in [0, 0.05) is 0 Å². The van der Waals surface area contributed by atoms with Crippen LogP contribution in [0.2, 0.25) is 0 Å². The minimum atomic E-state index is -0.581. The first-order valence-corrected chi connectivity index (χ1v) is 4.59. The third-order valence-electron chi connectivity index (χ3n) is 4.91. The molecule has 0 aromatic carbocycles. The van der Waals surface area contributed by atoms with E-state index in [1.165, 1.54) is 0 Å². The minimum Gasteiger partial charge on any atom is -0.481 e. The molecule has 0 heterocycles. The lowest BCUT2D eigenvalue weighted by Gasteiger charge is -2.59. The Bertz CT molecular complexity index is 257. The first-order chi connectivity index (χ1) is 5.36. The molecule has 3 rings (SSSR count). The van der Waals surface area contributed by atoms with E-state index < -0.39 is 5.97 Å². The van der Waals surface area contributed by atoms with Crippen molar-refractivity contribution in [2.24, 2.45) is 16.2 Å². The number of carbonyl (C=O) groups is 1. The molecule has 3 saturated carbocycles. The van der Waals surface area contributed by atoms with E-state index in [9.17, 15) is 4.79 Å². The summed E-state index contributed by atoms with van der Waals surface area (Å²) in [5.74, 6) is -0.581. The molecule has 2 nitrogen and oxygen atoms in total. The van der Waals surface area contributed by atoms with Crippen LogP contribution in [0.4, 0.5) is 0 Å². The summed E-state index contributed by atoms with van der Waals surface area (Å²) in [6.45, 7) is 6.44. The molecule has 2 atom stereocenters. The molecule has 3 aliphatic rings. The van der Waals surface area contributed by atoms with Gasteiger partial charge in [-0.15, -0.1) is 0 Å². The molecule has 2 heteroatoms. The predicted molar refractivity (Wildman–Crippen MR) is 45.8 cm³/mol. The lowest BCUT2D eigenvalue weighted by molar-refractivity contribution is -0.184. The maximum absolute atomic E-state index is 11.1. The summed E-state index contributed by atoms with van der Waals surface area (Å²) in [5, 5.41) is 9.16. The quantitative estimate of drug-likeness (QED) is 0.652. The van der Waals surface area contributed by atoms with Crippen LogP contribution in [0.5, 0.6) is 0 Å². The molecule has 0 amide bonds. The highest BCUT2D eigenvalue weighted by Crippen LogP contribution is 2.77. The first kappa shape index (κ1) is 8.09. The fourth-order valence-electron chi connectivity index (χ4n) is 3.32. The van der Waals surface area contributed by atoms with Crippen molar-refractivity contribution >= 4 is 5.97 Å². The molecular weight excluding hydrogens is 152 g/mol. The zero-order valence-electron chi connectivity index (χ0n) is 7.98. The van der Waals surface area contributed by atoms with E-state index in [0.29, 0.717) is 5.41 Å². The van der Waals surface area contributed by atoms with Crippen LogP contribution in [0.15, 0.2) is 0 Å². The Morgan fingerprint density at radius 2 is 1.83 bits per heavy atom. The molecule has 12 heavy (non-hydrogen) atoms. The molecule has 2 bridgehead atoms. The number of carboxylic acids is 1. The number of hydrogen-bond acceptors (Lipinski definition) is 1. The van der Waals surface area contributed by atoms with Gasteiger partial charge in [-0.05, 0) is 30.1 Å². The second kappa shape index (κ2) is 1.70. The molecular formula is C10H16O2. The molecule has 3 aliphatic carbocycles. The van der Waals surface area contributed by atoms with E-state index in [2.05, 4.69) is 20.8 Å². The predicted octanol–water partition coefficient (Wildman–Crippen LogP) is 2.29. The summed E-state index contributed by atoms with van der Waals surface area (Å²) in [6.07, 6.45) is 2.86. The van der Waals surface area contributed by atoms with Crippen LogP contribution in [-0.4, -0.2) is 11.1 Å². The standard InChI is InChI=1S/C10H16O2/c1-8(2)9(3)4-5-10(8,6-9)7(11)12/h4-6H2,1-3H3,(H,11,12)/t9-,10+/m0/s1. The van der Waals surface area contributed by atoms with Crippen molar-refractivity contribution in [1.82, 2.24) is 0 Å². The summed E-state index contributed by atoms with van der Waals surface area (Å²) in [5.41, 5.74) is -0.0844. The summed E-state index contributed by atoms with van der Waals surface area (Å²) in [4.78, 5) is 11.1. The molecule has 0 aliphatic heterocycles. The van der Waals surface area contributed by atoms with Gasteiger partial charge >= 0.3 is 5.97 Å². The SMILES string of the molecule is CC1(C)[C@@]2(C)CC[C@]1(C(=O)O)C2. The first-order valence-electron chi connectivity index (χ1n) is 4.59. The van der Waals surface area contributed by atoms with Gasteiger partial charge in [0.15, 0.2) is 0 Å². The van der Waals surface area contributed by atoms with Gasteiger partial charge < -0.3 is 5.11 Å². The smallest absolute Gasteiger partial charge is 0.310 e. The molecule has 0 saturated heterocycles. The van der Waals surface area contributed by atoms with E-state index in [1.807, 2.05) is 0 Å². The van der Waals surface area contributed by atoms with Crippen molar-refractivity contribution in [3.05, 3.63) is 0 Å². The number of hydrogen-bond donors (Lipinski definition) is 1. The Labute approximate surface area is 73.0 Å². The lowest BCUT2D eigenvalue weighted by atomic mass is 9.44. The molecule has 0 aromatic rings. The fourth-order valence-corrected chi connectivity index (χ4v) is 3.32. The lowest BCUT2D eigenvalue weighted by Crippen LogP contribution is -2.58. The highest BCUT2D eigenvalue weighted by atomic mass is 16.4. The van der Waals surface area contributed by atoms with E-state index in [-0.39, 0.29) is 10.8 Å². The van der Waals surface area contributed by atoms with Crippen molar-refractivity contribution in [1.29, 1.82) is 0 Å². The zero-order valence-corrected chi connectivity index (χ0v) is 7.98. The zero-order chi connectivity index (χ0) is 9.20. The van der Waals surface area contributed by atoms with E-state index in [0.717, 1.165) is 19.3 Å². The van der Waals surface area contributed by atoms with Gasteiger partial charge in [0.25, 0.3) is 0 Å². The Balaban J connectivity index is 2.42. The number of rotatable bonds is 1. The highest BCUT2D eigenvalue weighted by molar-refractivity contribution is 5.79. The highest BCUT2D eigenvalue weighted by Gasteiger charge is 2.74. The number of fused-ring (bicyclic) bond motifs is 1. The van der Waals surface area contributed by atoms with E-state index in [4.69, 9.17) is 5.11 Å². The monoisotopic (exact) mass is 168 g/mol. The van der Waals surface area contributed by atoms with Crippen LogP contribution in [0.3, 0.4) is 0 Å². The minimum absolute atomic E-state index is 0.00579. The van der Waals surface area contributed by atoms with Gasteiger partial charge in [-0.2, -0.15) is 0 Å². The van der Waals surface area contributed by atoms with Crippen LogP contribution in [-0.2, 0) is 4.79 Å². The third-order valence-corrected chi connectivity index (χ3v) is 4.91. The average Bonchev–Trinajstić information content (AvgIpc) is 2.39. The van der Waals surface area contributed by atoms with Crippen LogP contribution >= 0.6 is 0 Å². The van der Waals surface area contributed by atoms with E-state index >= 15 is 0 Å². The van der Waals surface area contributed by atoms with Gasteiger partial charge in [0.2, 0.25) is 0 Å². The summed E-state index contributed by atoms with van der Waals surface area (Å²) < 4.78 is 0. The number of aliphatic carboxylic acids is 1. The molecule has 0 aromatic heterocycles. The summed E-state index contributed by atoms with van der Waals surface area (Å²) in [7, 11) is 0. The van der Waals surface area contributed by atoms with Gasteiger partial charge in [-0.25, -0.2) is 0 Å².